The van der Waals surface area contributed by atoms with Crippen LogP contribution >= 0.6 is 0 Å². The fourth-order valence-electron chi connectivity index (χ4n) is 2.10. The summed E-state index contributed by atoms with van der Waals surface area (Å²) in [5.41, 5.74) is -1.42. The second-order valence-corrected chi connectivity index (χ2v) is 5.10. The van der Waals surface area contributed by atoms with Crippen molar-refractivity contribution in [2.24, 2.45) is 5.92 Å². The Kier molecular flexibility index (Phi) is 4.74. The maximum absolute atomic E-state index is 11.2. The van der Waals surface area contributed by atoms with Crippen molar-refractivity contribution in [3.63, 3.8) is 0 Å². The van der Waals surface area contributed by atoms with Crippen molar-refractivity contribution in [1.82, 2.24) is 5.32 Å². The zero-order chi connectivity index (χ0) is 12.2. The van der Waals surface area contributed by atoms with Crippen LogP contribution in [0.4, 0.5) is 0 Å². The molecule has 0 aromatic rings. The highest BCUT2D eigenvalue weighted by Gasteiger charge is 2.32. The first-order valence-corrected chi connectivity index (χ1v) is 6.00. The van der Waals surface area contributed by atoms with Crippen molar-refractivity contribution in [1.29, 1.82) is 0 Å². The van der Waals surface area contributed by atoms with Gasteiger partial charge in [-0.25, -0.2) is 4.79 Å². The molecule has 4 heteroatoms. The number of carbonyl (C=O) groups excluding carboxylic acids is 1. The quantitative estimate of drug-likeness (QED) is 0.708. The standard InChI is InChI=1S/C12H23NO3/c1-9-4-6-10(7-5-9)13-8-12(2,15)11(14)16-3/h9-10,13,15H,4-8H2,1-3H3. The minimum absolute atomic E-state index is 0.263. The van der Waals surface area contributed by atoms with Crippen LogP contribution in [0.3, 0.4) is 0 Å². The van der Waals surface area contributed by atoms with Gasteiger partial charge in [0.1, 0.15) is 0 Å². The lowest BCUT2D eigenvalue weighted by Gasteiger charge is -2.29. The number of ether oxygens (including phenoxy) is 1. The number of nitrogens with one attached hydrogen (secondary N) is 1. The van der Waals surface area contributed by atoms with Crippen LogP contribution in [-0.4, -0.2) is 36.4 Å². The normalized spacial score (nSPS) is 29.5. The second kappa shape index (κ2) is 5.64. The molecule has 1 aliphatic carbocycles. The Morgan fingerprint density at radius 3 is 2.50 bits per heavy atom. The summed E-state index contributed by atoms with van der Waals surface area (Å²) in [6.45, 7) is 4.01. The zero-order valence-electron chi connectivity index (χ0n) is 10.5. The van der Waals surface area contributed by atoms with Gasteiger partial charge in [0.25, 0.3) is 0 Å². The van der Waals surface area contributed by atoms with Crippen molar-refractivity contribution in [2.75, 3.05) is 13.7 Å². The number of aliphatic hydroxyl groups is 1. The molecule has 4 nitrogen and oxygen atoms in total. The number of carbonyl (C=O) groups is 1. The van der Waals surface area contributed by atoms with Gasteiger partial charge in [0.15, 0.2) is 5.60 Å². The summed E-state index contributed by atoms with van der Waals surface area (Å²) in [5.74, 6) is 0.225. The van der Waals surface area contributed by atoms with E-state index in [9.17, 15) is 9.90 Å². The molecular formula is C12H23NO3. The van der Waals surface area contributed by atoms with Crippen LogP contribution in [0, 0.1) is 5.92 Å². The van der Waals surface area contributed by atoms with Crippen molar-refractivity contribution in [3.8, 4) is 0 Å². The van der Waals surface area contributed by atoms with E-state index in [2.05, 4.69) is 17.0 Å². The average molecular weight is 229 g/mol. The molecule has 0 radical (unpaired) electrons. The summed E-state index contributed by atoms with van der Waals surface area (Å²) in [4.78, 5) is 11.2. The topological polar surface area (TPSA) is 58.6 Å². The summed E-state index contributed by atoms with van der Waals surface area (Å²) >= 11 is 0. The lowest BCUT2D eigenvalue weighted by Crippen LogP contribution is -2.49. The van der Waals surface area contributed by atoms with E-state index >= 15 is 0 Å². The Balaban J connectivity index is 2.31. The van der Waals surface area contributed by atoms with Crippen molar-refractivity contribution < 1.29 is 14.6 Å². The van der Waals surface area contributed by atoms with Crippen LogP contribution < -0.4 is 5.32 Å². The molecule has 1 unspecified atom stereocenters. The van der Waals surface area contributed by atoms with Gasteiger partial charge in [-0.3, -0.25) is 0 Å². The molecule has 1 saturated carbocycles. The third kappa shape index (κ3) is 3.76. The molecule has 0 saturated heterocycles. The number of hydrogen-bond acceptors (Lipinski definition) is 4. The van der Waals surface area contributed by atoms with E-state index < -0.39 is 11.6 Å². The lowest BCUT2D eigenvalue weighted by atomic mass is 9.87. The van der Waals surface area contributed by atoms with E-state index in [1.165, 1.54) is 26.9 Å². The molecule has 0 aromatic heterocycles. The minimum atomic E-state index is -1.42. The van der Waals surface area contributed by atoms with Crippen LogP contribution in [0.15, 0.2) is 0 Å². The predicted molar refractivity (Wildman–Crippen MR) is 62.1 cm³/mol. The molecule has 0 aromatic carbocycles. The van der Waals surface area contributed by atoms with E-state index in [0.29, 0.717) is 6.04 Å². The molecule has 94 valence electrons. The minimum Gasteiger partial charge on any atom is -0.467 e. The van der Waals surface area contributed by atoms with E-state index in [0.717, 1.165) is 18.8 Å². The van der Waals surface area contributed by atoms with Crippen LogP contribution in [0.25, 0.3) is 0 Å². The summed E-state index contributed by atoms with van der Waals surface area (Å²) in [7, 11) is 1.29. The molecule has 0 aliphatic heterocycles. The number of methoxy groups -OCH3 is 1. The first kappa shape index (κ1) is 13.5. The van der Waals surface area contributed by atoms with Crippen molar-refractivity contribution in [3.05, 3.63) is 0 Å². The molecule has 0 heterocycles. The molecule has 2 N–H and O–H groups in total. The van der Waals surface area contributed by atoms with Crippen LogP contribution in [0.5, 0.6) is 0 Å². The van der Waals surface area contributed by atoms with Gasteiger partial charge in [0.2, 0.25) is 0 Å². The average Bonchev–Trinajstić information content (AvgIpc) is 2.27. The van der Waals surface area contributed by atoms with E-state index in [-0.39, 0.29) is 6.54 Å². The van der Waals surface area contributed by atoms with E-state index in [1.54, 1.807) is 0 Å². The molecule has 16 heavy (non-hydrogen) atoms. The van der Waals surface area contributed by atoms with Gasteiger partial charge in [-0.1, -0.05) is 6.92 Å². The van der Waals surface area contributed by atoms with Crippen molar-refractivity contribution >= 4 is 5.97 Å². The first-order valence-electron chi connectivity index (χ1n) is 6.00. The highest BCUT2D eigenvalue weighted by atomic mass is 16.5. The third-order valence-corrected chi connectivity index (χ3v) is 3.38. The Hall–Kier alpha value is -0.610. The Bertz CT molecular complexity index is 232. The van der Waals surface area contributed by atoms with Crippen molar-refractivity contribution in [2.45, 2.75) is 51.2 Å². The van der Waals surface area contributed by atoms with E-state index in [4.69, 9.17) is 0 Å². The van der Waals surface area contributed by atoms with Gasteiger partial charge in [-0.05, 0) is 38.5 Å². The van der Waals surface area contributed by atoms with Gasteiger partial charge in [0.05, 0.1) is 7.11 Å². The molecule has 0 spiro atoms. The molecule has 1 rings (SSSR count). The van der Waals surface area contributed by atoms with Gasteiger partial charge < -0.3 is 15.2 Å². The summed E-state index contributed by atoms with van der Waals surface area (Å²) in [6, 6.07) is 0.423. The zero-order valence-corrected chi connectivity index (χ0v) is 10.5. The molecule has 0 bridgehead atoms. The largest absolute Gasteiger partial charge is 0.467 e. The van der Waals surface area contributed by atoms with Gasteiger partial charge in [-0.2, -0.15) is 0 Å². The number of esters is 1. The Morgan fingerprint density at radius 1 is 1.44 bits per heavy atom. The predicted octanol–water partition coefficient (Wildman–Crippen LogP) is 1.08. The summed E-state index contributed by atoms with van der Waals surface area (Å²) < 4.78 is 4.54. The molecule has 1 atom stereocenters. The van der Waals surface area contributed by atoms with E-state index in [1.807, 2.05) is 0 Å². The van der Waals surface area contributed by atoms with Gasteiger partial charge in [-0.15, -0.1) is 0 Å². The highest BCUT2D eigenvalue weighted by molar-refractivity contribution is 5.78. The maximum atomic E-state index is 11.2. The van der Waals surface area contributed by atoms with Crippen LogP contribution in [-0.2, 0) is 9.53 Å². The third-order valence-electron chi connectivity index (χ3n) is 3.38. The fourth-order valence-corrected chi connectivity index (χ4v) is 2.10. The molecular weight excluding hydrogens is 206 g/mol. The second-order valence-electron chi connectivity index (χ2n) is 5.10. The van der Waals surface area contributed by atoms with Crippen LogP contribution in [0.2, 0.25) is 0 Å². The number of hydrogen-bond donors (Lipinski definition) is 2. The summed E-state index contributed by atoms with van der Waals surface area (Å²) in [5, 5.41) is 13.1. The van der Waals surface area contributed by atoms with Gasteiger partial charge in [0, 0.05) is 12.6 Å². The Morgan fingerprint density at radius 2 is 2.00 bits per heavy atom. The SMILES string of the molecule is COC(=O)C(C)(O)CNC1CCC(C)CC1. The fraction of sp³-hybridized carbons (Fsp3) is 0.917. The number of rotatable bonds is 4. The molecule has 0 amide bonds. The lowest BCUT2D eigenvalue weighted by molar-refractivity contribution is -0.160. The summed E-state index contributed by atoms with van der Waals surface area (Å²) in [6.07, 6.45) is 4.69. The molecule has 1 fully saturated rings. The smallest absolute Gasteiger partial charge is 0.338 e. The van der Waals surface area contributed by atoms with Gasteiger partial charge >= 0.3 is 5.97 Å². The highest BCUT2D eigenvalue weighted by Crippen LogP contribution is 2.23. The monoisotopic (exact) mass is 229 g/mol. The first-order chi connectivity index (χ1) is 7.45. The van der Waals surface area contributed by atoms with Crippen LogP contribution in [0.1, 0.15) is 39.5 Å². The maximum Gasteiger partial charge on any atom is 0.338 e. The molecule has 1 aliphatic rings. The Labute approximate surface area is 97.4 Å².